The lowest BCUT2D eigenvalue weighted by atomic mass is 10.1. The Morgan fingerprint density at radius 1 is 1.07 bits per heavy atom. The maximum absolute atomic E-state index is 10.0. The fraction of sp³-hybridized carbons (Fsp3) is 0.400. The summed E-state index contributed by atoms with van der Waals surface area (Å²) >= 11 is 0. The third kappa shape index (κ3) is 4.99. The van der Waals surface area contributed by atoms with Crippen LogP contribution in [0.25, 0.3) is 0 Å². The molecule has 3 nitrogen and oxygen atoms in total. The standard InChI is InChI=1S/C10H14O3S/c11-14(12)13-9-5-4-8-10-6-2-1-3-7-10/h1-3,6-7,14H,4-5,8-9H2. The van der Waals surface area contributed by atoms with Crippen LogP contribution in [0.1, 0.15) is 18.4 Å². The molecule has 14 heavy (non-hydrogen) atoms. The van der Waals surface area contributed by atoms with E-state index in [9.17, 15) is 8.42 Å². The first kappa shape index (κ1) is 11.2. The minimum Gasteiger partial charge on any atom is -0.272 e. The smallest absolute Gasteiger partial charge is 0.257 e. The van der Waals surface area contributed by atoms with Crippen molar-refractivity contribution in [2.45, 2.75) is 19.3 Å². The maximum Gasteiger partial charge on any atom is 0.257 e. The number of unbranched alkanes of at least 4 members (excludes halogenated alkanes) is 1. The fourth-order valence-electron chi connectivity index (χ4n) is 1.21. The molecule has 0 bridgehead atoms. The fourth-order valence-corrected chi connectivity index (χ4v) is 1.49. The molecule has 1 aromatic carbocycles. The van der Waals surface area contributed by atoms with Gasteiger partial charge in [-0.3, -0.25) is 4.18 Å². The normalized spacial score (nSPS) is 10.6. The van der Waals surface area contributed by atoms with Crippen LogP contribution in [0, 0.1) is 0 Å². The molecule has 0 aliphatic heterocycles. The molecule has 0 saturated heterocycles. The van der Waals surface area contributed by atoms with Crippen molar-refractivity contribution in [3.63, 3.8) is 0 Å². The summed E-state index contributed by atoms with van der Waals surface area (Å²) in [4.78, 5) is 0. The summed E-state index contributed by atoms with van der Waals surface area (Å²) in [6.07, 6.45) is 2.70. The van der Waals surface area contributed by atoms with E-state index in [4.69, 9.17) is 0 Å². The summed E-state index contributed by atoms with van der Waals surface area (Å²) in [7, 11) is -2.67. The Balaban J connectivity index is 2.10. The van der Waals surface area contributed by atoms with Gasteiger partial charge in [-0.1, -0.05) is 30.3 Å². The van der Waals surface area contributed by atoms with Gasteiger partial charge in [-0.25, -0.2) is 8.42 Å². The SMILES string of the molecule is O=[SH](=O)OCCCCc1ccccc1. The molecular formula is C10H14O3S. The summed E-state index contributed by atoms with van der Waals surface area (Å²) in [5.74, 6) is 0. The first-order valence-corrected chi connectivity index (χ1v) is 5.70. The zero-order valence-electron chi connectivity index (χ0n) is 7.89. The Kier molecular flexibility index (Phi) is 5.25. The summed E-state index contributed by atoms with van der Waals surface area (Å²) in [5, 5.41) is 0. The predicted octanol–water partition coefficient (Wildman–Crippen LogP) is 1.55. The van der Waals surface area contributed by atoms with Crippen LogP contribution in [0.4, 0.5) is 0 Å². The predicted molar refractivity (Wildman–Crippen MR) is 55.6 cm³/mol. The molecule has 0 radical (unpaired) electrons. The quantitative estimate of drug-likeness (QED) is 0.577. The van der Waals surface area contributed by atoms with Gasteiger partial charge in [-0.05, 0) is 24.8 Å². The van der Waals surface area contributed by atoms with Crippen molar-refractivity contribution < 1.29 is 12.6 Å². The second-order valence-electron chi connectivity index (χ2n) is 3.00. The van der Waals surface area contributed by atoms with Gasteiger partial charge >= 0.3 is 0 Å². The lowest BCUT2D eigenvalue weighted by Crippen LogP contribution is -1.93. The van der Waals surface area contributed by atoms with E-state index < -0.39 is 11.0 Å². The number of rotatable bonds is 6. The first-order valence-electron chi connectivity index (χ1n) is 4.60. The van der Waals surface area contributed by atoms with E-state index in [2.05, 4.69) is 16.3 Å². The first-order chi connectivity index (χ1) is 6.79. The second-order valence-corrected chi connectivity index (χ2v) is 3.70. The van der Waals surface area contributed by atoms with Gasteiger partial charge in [0.2, 0.25) is 0 Å². The molecule has 0 heterocycles. The lowest BCUT2D eigenvalue weighted by Gasteiger charge is -1.99. The van der Waals surface area contributed by atoms with E-state index in [1.165, 1.54) is 5.56 Å². The molecule has 4 heteroatoms. The van der Waals surface area contributed by atoms with Crippen molar-refractivity contribution in [2.75, 3.05) is 6.61 Å². The summed E-state index contributed by atoms with van der Waals surface area (Å²) in [6.45, 7) is 0.297. The summed E-state index contributed by atoms with van der Waals surface area (Å²) in [5.41, 5.74) is 1.28. The van der Waals surface area contributed by atoms with Crippen LogP contribution in [0.2, 0.25) is 0 Å². The highest BCUT2D eigenvalue weighted by Crippen LogP contribution is 2.04. The van der Waals surface area contributed by atoms with Gasteiger partial charge in [0.25, 0.3) is 11.0 Å². The van der Waals surface area contributed by atoms with Crippen molar-refractivity contribution in [3.05, 3.63) is 35.9 Å². The molecule has 0 saturated carbocycles. The molecule has 0 aromatic heterocycles. The molecule has 0 aliphatic rings. The molecule has 0 aliphatic carbocycles. The molecule has 0 amide bonds. The number of aryl methyl sites for hydroxylation is 1. The molecule has 0 N–H and O–H groups in total. The van der Waals surface area contributed by atoms with Gasteiger partial charge < -0.3 is 0 Å². The Bertz CT molecular complexity index is 311. The molecule has 0 atom stereocenters. The zero-order valence-corrected chi connectivity index (χ0v) is 8.78. The average Bonchev–Trinajstić information content (AvgIpc) is 2.18. The molecule has 1 rings (SSSR count). The molecule has 0 fully saturated rings. The van der Waals surface area contributed by atoms with Gasteiger partial charge in [0.15, 0.2) is 0 Å². The maximum atomic E-state index is 10.0. The van der Waals surface area contributed by atoms with Crippen LogP contribution in [-0.2, 0) is 21.6 Å². The highest BCUT2D eigenvalue weighted by Gasteiger charge is 1.92. The Morgan fingerprint density at radius 2 is 1.79 bits per heavy atom. The van der Waals surface area contributed by atoms with Crippen molar-refractivity contribution in [1.29, 1.82) is 0 Å². The van der Waals surface area contributed by atoms with Gasteiger partial charge in [0, 0.05) is 0 Å². The van der Waals surface area contributed by atoms with E-state index >= 15 is 0 Å². The van der Waals surface area contributed by atoms with Crippen molar-refractivity contribution in [3.8, 4) is 0 Å². The van der Waals surface area contributed by atoms with Gasteiger partial charge in [0.1, 0.15) is 0 Å². The van der Waals surface area contributed by atoms with Gasteiger partial charge in [-0.15, -0.1) is 0 Å². The van der Waals surface area contributed by atoms with E-state index in [1.807, 2.05) is 18.2 Å². The largest absolute Gasteiger partial charge is 0.272 e. The van der Waals surface area contributed by atoms with Crippen LogP contribution in [0.5, 0.6) is 0 Å². The van der Waals surface area contributed by atoms with Crippen molar-refractivity contribution >= 4 is 11.0 Å². The summed E-state index contributed by atoms with van der Waals surface area (Å²) in [6, 6.07) is 10.1. The minimum atomic E-state index is -2.67. The van der Waals surface area contributed by atoms with Crippen LogP contribution in [0.15, 0.2) is 30.3 Å². The average molecular weight is 214 g/mol. The number of thiol groups is 1. The van der Waals surface area contributed by atoms with Crippen molar-refractivity contribution in [2.24, 2.45) is 0 Å². The van der Waals surface area contributed by atoms with Crippen LogP contribution in [-0.4, -0.2) is 15.0 Å². The highest BCUT2D eigenvalue weighted by atomic mass is 32.2. The Morgan fingerprint density at radius 3 is 2.43 bits per heavy atom. The highest BCUT2D eigenvalue weighted by molar-refractivity contribution is 7.67. The molecule has 0 spiro atoms. The van der Waals surface area contributed by atoms with E-state index in [-0.39, 0.29) is 0 Å². The molecular weight excluding hydrogens is 200 g/mol. The molecule has 1 aromatic rings. The minimum absolute atomic E-state index is 0.297. The van der Waals surface area contributed by atoms with E-state index in [0.29, 0.717) is 6.61 Å². The lowest BCUT2D eigenvalue weighted by molar-refractivity contribution is 0.322. The molecule has 78 valence electrons. The Hall–Kier alpha value is -0.870. The van der Waals surface area contributed by atoms with Crippen LogP contribution >= 0.6 is 0 Å². The number of hydrogen-bond acceptors (Lipinski definition) is 3. The van der Waals surface area contributed by atoms with Crippen molar-refractivity contribution in [1.82, 2.24) is 0 Å². The van der Waals surface area contributed by atoms with Crippen LogP contribution < -0.4 is 0 Å². The van der Waals surface area contributed by atoms with E-state index in [1.54, 1.807) is 0 Å². The summed E-state index contributed by atoms with van der Waals surface area (Å²) < 4.78 is 24.5. The van der Waals surface area contributed by atoms with Gasteiger partial charge in [-0.2, -0.15) is 0 Å². The number of benzene rings is 1. The monoisotopic (exact) mass is 214 g/mol. The molecule has 0 unspecified atom stereocenters. The third-order valence-electron chi connectivity index (χ3n) is 1.90. The van der Waals surface area contributed by atoms with Crippen LogP contribution in [0.3, 0.4) is 0 Å². The third-order valence-corrected chi connectivity index (χ3v) is 2.29. The van der Waals surface area contributed by atoms with E-state index in [0.717, 1.165) is 19.3 Å². The second kappa shape index (κ2) is 6.56. The zero-order chi connectivity index (χ0) is 10.2. The van der Waals surface area contributed by atoms with Gasteiger partial charge in [0.05, 0.1) is 6.61 Å². The Labute approximate surface area is 85.9 Å². The topological polar surface area (TPSA) is 43.4 Å². The number of hydrogen-bond donors (Lipinski definition) is 1.